The van der Waals surface area contributed by atoms with Gasteiger partial charge in [0.1, 0.15) is 6.61 Å². The summed E-state index contributed by atoms with van der Waals surface area (Å²) in [6, 6.07) is 4.84. The molecule has 0 spiro atoms. The molecule has 0 aliphatic carbocycles. The fourth-order valence-corrected chi connectivity index (χ4v) is 2.24. The maximum atomic E-state index is 11.0. The highest BCUT2D eigenvalue weighted by molar-refractivity contribution is 5.72. The maximum Gasteiger partial charge on any atom is 0.332 e. The average molecular weight is 295 g/mol. The summed E-state index contributed by atoms with van der Waals surface area (Å²) in [4.78, 5) is 21.3. The minimum Gasteiger partial charge on any atom is -0.484 e. The lowest BCUT2D eigenvalue weighted by Gasteiger charge is -2.13. The molecule has 0 amide bonds. The molecule has 2 unspecified atom stereocenters. The summed E-state index contributed by atoms with van der Waals surface area (Å²) in [7, 11) is 0. The fourth-order valence-electron chi connectivity index (χ4n) is 2.24. The van der Waals surface area contributed by atoms with Crippen molar-refractivity contribution in [3.05, 3.63) is 33.9 Å². The topological polar surface area (TPSA) is 98.9 Å². The quantitative estimate of drug-likeness (QED) is 0.638. The van der Waals surface area contributed by atoms with E-state index in [-0.39, 0.29) is 24.1 Å². The molecular formula is C14H17NO6. The smallest absolute Gasteiger partial charge is 0.332 e. The number of benzene rings is 1. The van der Waals surface area contributed by atoms with Crippen molar-refractivity contribution in [1.29, 1.82) is 0 Å². The summed E-state index contributed by atoms with van der Waals surface area (Å²) in [5.74, 6) is -0.810. The molecular weight excluding hydrogens is 278 g/mol. The van der Waals surface area contributed by atoms with Crippen LogP contribution in [-0.4, -0.2) is 34.8 Å². The van der Waals surface area contributed by atoms with Crippen molar-refractivity contribution in [3.63, 3.8) is 0 Å². The average Bonchev–Trinajstić information content (AvgIpc) is 2.94. The molecule has 1 fully saturated rings. The van der Waals surface area contributed by atoms with Gasteiger partial charge < -0.3 is 14.6 Å². The van der Waals surface area contributed by atoms with Crippen LogP contribution in [0.3, 0.4) is 0 Å². The molecule has 114 valence electrons. The highest BCUT2D eigenvalue weighted by Crippen LogP contribution is 2.29. The molecule has 0 saturated carbocycles. The van der Waals surface area contributed by atoms with Crippen molar-refractivity contribution in [1.82, 2.24) is 0 Å². The van der Waals surface area contributed by atoms with Gasteiger partial charge in [0.2, 0.25) is 0 Å². The summed E-state index contributed by atoms with van der Waals surface area (Å²) >= 11 is 0. The fraction of sp³-hybridized carbons (Fsp3) is 0.500. The molecule has 0 aromatic heterocycles. The number of nitro benzene ring substituents is 1. The summed E-state index contributed by atoms with van der Waals surface area (Å²) in [5, 5.41) is 19.9. The molecule has 21 heavy (non-hydrogen) atoms. The highest BCUT2D eigenvalue weighted by Gasteiger charge is 2.31. The molecule has 1 aromatic rings. The van der Waals surface area contributed by atoms with Gasteiger partial charge in [0, 0.05) is 6.07 Å². The van der Waals surface area contributed by atoms with Gasteiger partial charge in [-0.25, -0.2) is 4.79 Å². The van der Waals surface area contributed by atoms with Gasteiger partial charge in [0.15, 0.2) is 11.9 Å². The number of carboxylic acid groups (broad SMARTS) is 1. The van der Waals surface area contributed by atoms with E-state index in [2.05, 4.69) is 0 Å². The first-order valence-electron chi connectivity index (χ1n) is 6.79. The van der Waals surface area contributed by atoms with E-state index in [1.165, 1.54) is 6.07 Å². The molecule has 7 heteroatoms. The Labute approximate surface area is 121 Å². The van der Waals surface area contributed by atoms with E-state index in [9.17, 15) is 14.9 Å². The van der Waals surface area contributed by atoms with E-state index in [0.29, 0.717) is 19.3 Å². The van der Waals surface area contributed by atoms with Gasteiger partial charge in [-0.2, -0.15) is 0 Å². The summed E-state index contributed by atoms with van der Waals surface area (Å²) < 4.78 is 10.7. The van der Waals surface area contributed by atoms with Crippen molar-refractivity contribution in [3.8, 4) is 5.75 Å². The molecule has 0 radical (unpaired) electrons. The summed E-state index contributed by atoms with van der Waals surface area (Å²) in [6.07, 6.45) is 0.540. The number of nitrogens with zero attached hydrogens (tertiary/aromatic N) is 1. The van der Waals surface area contributed by atoms with Crippen LogP contribution in [0.5, 0.6) is 5.75 Å². The van der Waals surface area contributed by atoms with Crippen molar-refractivity contribution in [2.24, 2.45) is 0 Å². The van der Waals surface area contributed by atoms with Gasteiger partial charge in [-0.3, -0.25) is 10.1 Å². The standard InChI is InChI=1S/C14H17NO6/c1-2-9-3-5-12(11(7-9)15(18)19)20-8-10-4-6-13(21-10)14(16)17/h3,5,7,10,13H,2,4,6,8H2,1H3,(H,16,17). The first-order chi connectivity index (χ1) is 10.0. The third kappa shape index (κ3) is 3.69. The van der Waals surface area contributed by atoms with E-state index in [4.69, 9.17) is 14.6 Å². The number of hydrogen-bond donors (Lipinski definition) is 1. The Kier molecular flexibility index (Phi) is 4.74. The lowest BCUT2D eigenvalue weighted by Crippen LogP contribution is -2.23. The second kappa shape index (κ2) is 6.53. The molecule has 1 heterocycles. The number of hydrogen-bond acceptors (Lipinski definition) is 5. The van der Waals surface area contributed by atoms with Gasteiger partial charge in [-0.1, -0.05) is 13.0 Å². The van der Waals surface area contributed by atoms with Crippen molar-refractivity contribution >= 4 is 11.7 Å². The zero-order valence-corrected chi connectivity index (χ0v) is 11.7. The van der Waals surface area contributed by atoms with Crippen LogP contribution in [-0.2, 0) is 16.0 Å². The van der Waals surface area contributed by atoms with Gasteiger partial charge >= 0.3 is 11.7 Å². The van der Waals surface area contributed by atoms with Crippen molar-refractivity contribution in [2.75, 3.05) is 6.61 Å². The van der Waals surface area contributed by atoms with Gasteiger partial charge in [0.05, 0.1) is 11.0 Å². The number of ether oxygens (including phenoxy) is 2. The maximum absolute atomic E-state index is 11.0. The lowest BCUT2D eigenvalue weighted by atomic mass is 10.1. The minimum atomic E-state index is -0.990. The molecule has 1 aliphatic rings. The first-order valence-corrected chi connectivity index (χ1v) is 6.79. The van der Waals surface area contributed by atoms with Crippen LogP contribution >= 0.6 is 0 Å². The van der Waals surface area contributed by atoms with E-state index in [1.807, 2.05) is 6.92 Å². The molecule has 1 N–H and O–H groups in total. The Morgan fingerprint density at radius 3 is 2.86 bits per heavy atom. The van der Waals surface area contributed by atoms with Crippen LogP contribution < -0.4 is 4.74 Å². The molecule has 2 rings (SSSR count). The number of nitro groups is 1. The Morgan fingerprint density at radius 1 is 1.52 bits per heavy atom. The summed E-state index contributed by atoms with van der Waals surface area (Å²) in [6.45, 7) is 2.02. The zero-order valence-electron chi connectivity index (χ0n) is 11.7. The normalized spacial score (nSPS) is 21.2. The van der Waals surface area contributed by atoms with Crippen LogP contribution in [0.4, 0.5) is 5.69 Å². The van der Waals surface area contributed by atoms with Crippen LogP contribution in [0.15, 0.2) is 18.2 Å². The predicted molar refractivity (Wildman–Crippen MR) is 73.5 cm³/mol. The number of carbonyl (C=O) groups is 1. The minimum absolute atomic E-state index is 0.0814. The summed E-state index contributed by atoms with van der Waals surface area (Å²) in [5.41, 5.74) is 0.777. The zero-order chi connectivity index (χ0) is 15.4. The van der Waals surface area contributed by atoms with Crippen LogP contribution in [0.25, 0.3) is 0 Å². The van der Waals surface area contributed by atoms with E-state index in [1.54, 1.807) is 12.1 Å². The van der Waals surface area contributed by atoms with E-state index < -0.39 is 17.0 Å². The largest absolute Gasteiger partial charge is 0.484 e. The second-order valence-electron chi connectivity index (χ2n) is 4.89. The van der Waals surface area contributed by atoms with Gasteiger partial charge in [0.25, 0.3) is 0 Å². The molecule has 7 nitrogen and oxygen atoms in total. The third-order valence-corrected chi connectivity index (χ3v) is 3.44. The Bertz CT molecular complexity index is 544. The van der Waals surface area contributed by atoms with Crippen molar-refractivity contribution in [2.45, 2.75) is 38.4 Å². The third-order valence-electron chi connectivity index (χ3n) is 3.44. The number of rotatable bonds is 6. The van der Waals surface area contributed by atoms with Crippen LogP contribution in [0.2, 0.25) is 0 Å². The Morgan fingerprint density at radius 2 is 2.29 bits per heavy atom. The predicted octanol–water partition coefficient (Wildman–Crippen LogP) is 2.17. The molecule has 1 saturated heterocycles. The van der Waals surface area contributed by atoms with Crippen LogP contribution in [0, 0.1) is 10.1 Å². The van der Waals surface area contributed by atoms with E-state index in [0.717, 1.165) is 5.56 Å². The molecule has 1 aliphatic heterocycles. The van der Waals surface area contributed by atoms with E-state index >= 15 is 0 Å². The van der Waals surface area contributed by atoms with Crippen LogP contribution in [0.1, 0.15) is 25.3 Å². The Hall–Kier alpha value is -2.15. The Balaban J connectivity index is 2.00. The number of aliphatic carboxylic acids is 1. The molecule has 2 atom stereocenters. The SMILES string of the molecule is CCc1ccc(OCC2CCC(C(=O)O)O2)c([N+](=O)[O-])c1. The number of carboxylic acids is 1. The lowest BCUT2D eigenvalue weighted by molar-refractivity contribution is -0.386. The first kappa shape index (κ1) is 15.2. The second-order valence-corrected chi connectivity index (χ2v) is 4.89. The number of aryl methyl sites for hydroxylation is 1. The molecule has 0 bridgehead atoms. The highest BCUT2D eigenvalue weighted by atomic mass is 16.6. The van der Waals surface area contributed by atoms with Crippen molar-refractivity contribution < 1.29 is 24.3 Å². The van der Waals surface area contributed by atoms with Gasteiger partial charge in [-0.15, -0.1) is 0 Å². The monoisotopic (exact) mass is 295 g/mol. The molecule has 1 aromatic carbocycles. The van der Waals surface area contributed by atoms with Gasteiger partial charge in [-0.05, 0) is 30.9 Å².